The van der Waals surface area contributed by atoms with Gasteiger partial charge in [-0.05, 0) is 54.1 Å². The summed E-state index contributed by atoms with van der Waals surface area (Å²) in [6.45, 7) is 2.02. The third-order valence-electron chi connectivity index (χ3n) is 3.44. The zero-order valence-electron chi connectivity index (χ0n) is 12.9. The maximum atomic E-state index is 11.1. The molecule has 112 valence electrons. The Kier molecular flexibility index (Phi) is 5.49. The van der Waals surface area contributed by atoms with Crippen molar-refractivity contribution >= 4 is 32.3 Å². The van der Waals surface area contributed by atoms with E-state index in [0.29, 0.717) is 5.39 Å². The number of hydrogen-bond acceptors (Lipinski definition) is 4. The summed E-state index contributed by atoms with van der Waals surface area (Å²) in [6, 6.07) is 17.9. The molecule has 0 aliphatic carbocycles. The van der Waals surface area contributed by atoms with Gasteiger partial charge in [0.1, 0.15) is 10.1 Å². The van der Waals surface area contributed by atoms with E-state index in [1.165, 1.54) is 17.7 Å². The number of benzene rings is 3. The van der Waals surface area contributed by atoms with E-state index in [-0.39, 0.29) is 34.5 Å². The van der Waals surface area contributed by atoms with E-state index in [1.807, 2.05) is 49.4 Å². The average molecular weight is 335 g/mol. The minimum Gasteiger partial charge on any atom is -0.744 e. The molecule has 0 aromatic heterocycles. The average Bonchev–Trinajstić information content (AvgIpc) is 2.48. The quantitative estimate of drug-likeness (QED) is 0.568. The summed E-state index contributed by atoms with van der Waals surface area (Å²) in [5, 5.41) is 4.83. The van der Waals surface area contributed by atoms with E-state index in [0.717, 1.165) is 16.8 Å². The Labute approximate surface area is 157 Å². The molecule has 0 saturated carbocycles. The molecule has 4 nitrogen and oxygen atoms in total. The number of rotatable bonds is 3. The summed E-state index contributed by atoms with van der Waals surface area (Å²) in [4.78, 5) is -0.215. The Balaban J connectivity index is 0.00000192. The van der Waals surface area contributed by atoms with Crippen LogP contribution in [-0.2, 0) is 10.1 Å². The van der Waals surface area contributed by atoms with Crippen molar-refractivity contribution in [3.05, 3.63) is 66.2 Å². The largest absolute Gasteiger partial charge is 1.00 e. The summed E-state index contributed by atoms with van der Waals surface area (Å²) in [7, 11) is -4.44. The fourth-order valence-electron chi connectivity index (χ4n) is 2.26. The van der Waals surface area contributed by atoms with Gasteiger partial charge in [-0.15, -0.1) is 0 Å². The molecule has 0 fully saturated rings. The first kappa shape index (κ1) is 18.0. The molecule has 3 aromatic rings. The van der Waals surface area contributed by atoms with Crippen LogP contribution in [0.4, 0.5) is 11.4 Å². The molecule has 0 atom stereocenters. The minimum absolute atomic E-state index is 0. The Bertz CT molecular complexity index is 938. The number of aryl methyl sites for hydroxylation is 1. The van der Waals surface area contributed by atoms with Crippen molar-refractivity contribution in [1.82, 2.24) is 0 Å². The second-order valence-electron chi connectivity index (χ2n) is 5.17. The molecule has 23 heavy (non-hydrogen) atoms. The zero-order valence-corrected chi connectivity index (χ0v) is 15.7. The van der Waals surface area contributed by atoms with E-state index >= 15 is 0 Å². The minimum atomic E-state index is -4.44. The van der Waals surface area contributed by atoms with Gasteiger partial charge in [0.05, 0.1) is 4.90 Å². The van der Waals surface area contributed by atoms with E-state index in [4.69, 9.17) is 0 Å². The molecule has 0 saturated heterocycles. The fraction of sp³-hybridized carbons (Fsp3) is 0.0588. The maximum absolute atomic E-state index is 11.1. The van der Waals surface area contributed by atoms with Gasteiger partial charge in [0, 0.05) is 11.4 Å². The Hall–Kier alpha value is -1.37. The van der Waals surface area contributed by atoms with Gasteiger partial charge < -0.3 is 9.87 Å². The zero-order chi connectivity index (χ0) is 15.7. The first-order valence-corrected chi connectivity index (χ1v) is 8.16. The van der Waals surface area contributed by atoms with Gasteiger partial charge in [-0.25, -0.2) is 8.42 Å². The van der Waals surface area contributed by atoms with Crippen LogP contribution in [0.1, 0.15) is 5.56 Å². The molecule has 0 bridgehead atoms. The topological polar surface area (TPSA) is 69.2 Å². The van der Waals surface area contributed by atoms with Crippen molar-refractivity contribution in [2.24, 2.45) is 0 Å². The maximum Gasteiger partial charge on any atom is 1.00 e. The van der Waals surface area contributed by atoms with Gasteiger partial charge in [0.25, 0.3) is 0 Å². The van der Waals surface area contributed by atoms with Crippen LogP contribution in [0.25, 0.3) is 10.8 Å². The third-order valence-corrected chi connectivity index (χ3v) is 4.27. The SMILES string of the molecule is Cc1ccc(Nc2ccc3ccc(S(=O)(=O)[O-])cc3c2)cc1.[Na+]. The number of nitrogens with one attached hydrogen (secondary N) is 1. The molecule has 0 heterocycles. The number of fused-ring (bicyclic) bond motifs is 1. The van der Waals surface area contributed by atoms with Crippen LogP contribution in [0.15, 0.2) is 65.6 Å². The molecule has 0 unspecified atom stereocenters. The molecule has 3 rings (SSSR count). The van der Waals surface area contributed by atoms with Crippen molar-refractivity contribution < 1.29 is 42.5 Å². The van der Waals surface area contributed by atoms with Crippen LogP contribution in [0, 0.1) is 6.92 Å². The van der Waals surface area contributed by atoms with Crippen LogP contribution in [0.3, 0.4) is 0 Å². The second-order valence-corrected chi connectivity index (χ2v) is 6.55. The van der Waals surface area contributed by atoms with Crippen molar-refractivity contribution in [2.75, 3.05) is 5.32 Å². The van der Waals surface area contributed by atoms with E-state index in [9.17, 15) is 13.0 Å². The van der Waals surface area contributed by atoms with Crippen LogP contribution in [0.2, 0.25) is 0 Å². The molecule has 0 amide bonds. The summed E-state index contributed by atoms with van der Waals surface area (Å²) >= 11 is 0. The Morgan fingerprint density at radius 1 is 0.826 bits per heavy atom. The van der Waals surface area contributed by atoms with E-state index < -0.39 is 10.1 Å². The molecule has 0 spiro atoms. The van der Waals surface area contributed by atoms with Crippen molar-refractivity contribution in [2.45, 2.75) is 11.8 Å². The summed E-state index contributed by atoms with van der Waals surface area (Å²) in [5.41, 5.74) is 2.95. The molecule has 3 aromatic carbocycles. The molecular formula is C17H14NNaO3S. The van der Waals surface area contributed by atoms with Gasteiger partial charge in [0.2, 0.25) is 0 Å². The summed E-state index contributed by atoms with van der Waals surface area (Å²) in [6.07, 6.45) is 0. The van der Waals surface area contributed by atoms with Crippen LogP contribution < -0.4 is 34.9 Å². The van der Waals surface area contributed by atoms with Gasteiger partial charge >= 0.3 is 29.6 Å². The summed E-state index contributed by atoms with van der Waals surface area (Å²) in [5.74, 6) is 0. The predicted molar refractivity (Wildman–Crippen MR) is 86.4 cm³/mol. The molecule has 0 aliphatic rings. The van der Waals surface area contributed by atoms with Gasteiger partial charge in [-0.1, -0.05) is 29.8 Å². The second kappa shape index (κ2) is 7.03. The molecule has 1 N–H and O–H groups in total. The molecule has 0 aliphatic heterocycles. The molecule has 0 radical (unpaired) electrons. The first-order chi connectivity index (χ1) is 10.4. The van der Waals surface area contributed by atoms with E-state index in [2.05, 4.69) is 5.32 Å². The standard InChI is InChI=1S/C17H15NO3S.Na/c1-12-2-6-15(7-3-12)18-16-8-4-13-5-9-17(22(19,20)21)11-14(13)10-16;/h2-11,18H,1H3,(H,19,20,21);/q;+1/p-1. The normalized spacial score (nSPS) is 11.0. The van der Waals surface area contributed by atoms with Crippen molar-refractivity contribution in [3.63, 3.8) is 0 Å². The smallest absolute Gasteiger partial charge is 0.744 e. The number of hydrogen-bond donors (Lipinski definition) is 1. The molecular weight excluding hydrogens is 321 g/mol. The Morgan fingerprint density at radius 2 is 1.43 bits per heavy atom. The third kappa shape index (κ3) is 4.34. The van der Waals surface area contributed by atoms with Gasteiger partial charge in [-0.2, -0.15) is 0 Å². The van der Waals surface area contributed by atoms with Crippen molar-refractivity contribution in [1.29, 1.82) is 0 Å². The van der Waals surface area contributed by atoms with E-state index in [1.54, 1.807) is 6.07 Å². The number of anilines is 2. The molecule has 6 heteroatoms. The van der Waals surface area contributed by atoms with Crippen molar-refractivity contribution in [3.8, 4) is 0 Å². The van der Waals surface area contributed by atoms with Crippen LogP contribution in [-0.4, -0.2) is 13.0 Å². The van der Waals surface area contributed by atoms with Crippen LogP contribution in [0.5, 0.6) is 0 Å². The first-order valence-electron chi connectivity index (χ1n) is 6.75. The monoisotopic (exact) mass is 335 g/mol. The fourth-order valence-corrected chi connectivity index (χ4v) is 2.77. The van der Waals surface area contributed by atoms with Gasteiger partial charge in [0.15, 0.2) is 0 Å². The summed E-state index contributed by atoms with van der Waals surface area (Å²) < 4.78 is 33.3. The Morgan fingerprint density at radius 3 is 2.09 bits per heavy atom. The van der Waals surface area contributed by atoms with Gasteiger partial charge in [-0.3, -0.25) is 0 Å². The predicted octanol–water partition coefficient (Wildman–Crippen LogP) is 0.800. The van der Waals surface area contributed by atoms with Crippen LogP contribution >= 0.6 is 0 Å².